The third-order valence-electron chi connectivity index (χ3n) is 3.19. The molecule has 2 rings (SSSR count). The van der Waals surface area contributed by atoms with Crippen molar-refractivity contribution in [3.05, 3.63) is 35.4 Å². The number of hydrogen-bond acceptors (Lipinski definition) is 3. The minimum Gasteiger partial charge on any atom is -0.479 e. The maximum absolute atomic E-state index is 12.1. The van der Waals surface area contributed by atoms with Crippen molar-refractivity contribution in [3.63, 3.8) is 0 Å². The Bertz CT molecular complexity index is 501. The summed E-state index contributed by atoms with van der Waals surface area (Å²) >= 11 is 1.80. The fourth-order valence-corrected chi connectivity index (χ4v) is 3.02. The van der Waals surface area contributed by atoms with Crippen LogP contribution in [0.2, 0.25) is 0 Å². The van der Waals surface area contributed by atoms with E-state index in [0.29, 0.717) is 18.7 Å². The summed E-state index contributed by atoms with van der Waals surface area (Å²) in [6.07, 6.45) is 0. The third kappa shape index (κ3) is 3.66. The first-order chi connectivity index (χ1) is 9.58. The van der Waals surface area contributed by atoms with E-state index in [0.717, 1.165) is 17.1 Å². The van der Waals surface area contributed by atoms with Gasteiger partial charge in [0.05, 0.1) is 0 Å². The molecule has 2 N–H and O–H groups in total. The lowest BCUT2D eigenvalue weighted by molar-refractivity contribution is -0.139. The molecule has 0 aliphatic carbocycles. The topological polar surface area (TPSA) is 69.6 Å². The van der Waals surface area contributed by atoms with Gasteiger partial charge >= 0.3 is 12.0 Å². The van der Waals surface area contributed by atoms with E-state index in [1.807, 2.05) is 13.0 Å². The molecule has 0 spiro atoms. The van der Waals surface area contributed by atoms with Gasteiger partial charge in [-0.2, -0.15) is 11.8 Å². The summed E-state index contributed by atoms with van der Waals surface area (Å²) in [6, 6.07) is 5.88. The molecule has 1 saturated heterocycles. The number of rotatable bonds is 3. The maximum atomic E-state index is 12.1. The number of carbonyl (C=O) groups excluding carboxylic acids is 1. The number of hydrogen-bond donors (Lipinski definition) is 2. The van der Waals surface area contributed by atoms with E-state index < -0.39 is 12.0 Å². The molecule has 6 heteroatoms. The monoisotopic (exact) mass is 294 g/mol. The molecule has 1 aromatic carbocycles. The van der Waals surface area contributed by atoms with Crippen LogP contribution in [0.15, 0.2) is 24.3 Å². The van der Waals surface area contributed by atoms with Crippen molar-refractivity contribution in [1.82, 2.24) is 10.2 Å². The number of carboxylic acids is 1. The van der Waals surface area contributed by atoms with E-state index in [1.165, 1.54) is 0 Å². The summed E-state index contributed by atoms with van der Waals surface area (Å²) in [5, 5.41) is 11.9. The number of nitrogens with one attached hydrogen (secondary N) is 1. The zero-order chi connectivity index (χ0) is 14.5. The van der Waals surface area contributed by atoms with Gasteiger partial charge in [-0.05, 0) is 12.5 Å². The molecule has 1 heterocycles. The molecule has 1 fully saturated rings. The van der Waals surface area contributed by atoms with Crippen LogP contribution < -0.4 is 5.32 Å². The van der Waals surface area contributed by atoms with E-state index >= 15 is 0 Å². The highest BCUT2D eigenvalue weighted by atomic mass is 32.2. The number of thioether (sulfide) groups is 1. The summed E-state index contributed by atoms with van der Waals surface area (Å²) < 4.78 is 0. The molecule has 0 saturated carbocycles. The Balaban J connectivity index is 2.09. The van der Waals surface area contributed by atoms with E-state index in [1.54, 1.807) is 34.9 Å². The molecule has 1 aliphatic heterocycles. The summed E-state index contributed by atoms with van der Waals surface area (Å²) in [5.41, 5.74) is 1.56. The Hall–Kier alpha value is -1.69. The van der Waals surface area contributed by atoms with Gasteiger partial charge in [-0.15, -0.1) is 0 Å². The van der Waals surface area contributed by atoms with Crippen LogP contribution in [0.4, 0.5) is 4.79 Å². The Labute approximate surface area is 122 Å². The molecule has 0 radical (unpaired) electrons. The van der Waals surface area contributed by atoms with Crippen molar-refractivity contribution < 1.29 is 14.7 Å². The molecule has 5 nitrogen and oxygen atoms in total. The Morgan fingerprint density at radius 1 is 1.35 bits per heavy atom. The van der Waals surface area contributed by atoms with Crippen molar-refractivity contribution in [2.24, 2.45) is 0 Å². The van der Waals surface area contributed by atoms with Gasteiger partial charge in [-0.1, -0.05) is 29.8 Å². The van der Waals surface area contributed by atoms with Gasteiger partial charge in [0.15, 0.2) is 6.04 Å². The number of carbonyl (C=O) groups is 2. The normalized spacial score (nSPS) is 16.6. The van der Waals surface area contributed by atoms with E-state index in [2.05, 4.69) is 5.32 Å². The zero-order valence-electron chi connectivity index (χ0n) is 11.3. The molecule has 1 aromatic rings. The molecule has 0 aromatic heterocycles. The Morgan fingerprint density at radius 3 is 2.65 bits per heavy atom. The number of benzene rings is 1. The van der Waals surface area contributed by atoms with Crippen LogP contribution in [0.1, 0.15) is 17.2 Å². The van der Waals surface area contributed by atoms with Crippen molar-refractivity contribution in [2.45, 2.75) is 13.0 Å². The predicted molar refractivity (Wildman–Crippen MR) is 79.0 cm³/mol. The number of amides is 2. The van der Waals surface area contributed by atoms with Crippen LogP contribution in [-0.4, -0.2) is 46.6 Å². The van der Waals surface area contributed by atoms with Crippen LogP contribution in [0.3, 0.4) is 0 Å². The molecule has 1 unspecified atom stereocenters. The molecule has 108 valence electrons. The lowest BCUT2D eigenvalue weighted by Crippen LogP contribution is -2.47. The van der Waals surface area contributed by atoms with Crippen molar-refractivity contribution in [1.29, 1.82) is 0 Å². The SMILES string of the molecule is Cc1cccc(C(NC(=O)N2CCSCC2)C(=O)O)c1. The molecular formula is C14H18N2O3S. The van der Waals surface area contributed by atoms with Crippen LogP contribution in [-0.2, 0) is 4.79 Å². The first-order valence-electron chi connectivity index (χ1n) is 6.50. The molecule has 2 amide bonds. The van der Waals surface area contributed by atoms with Crippen LogP contribution in [0.25, 0.3) is 0 Å². The minimum absolute atomic E-state index is 0.306. The highest BCUT2D eigenvalue weighted by Gasteiger charge is 2.25. The number of urea groups is 1. The number of aryl methyl sites for hydroxylation is 1. The lowest BCUT2D eigenvalue weighted by atomic mass is 10.0. The van der Waals surface area contributed by atoms with Gasteiger partial charge in [0.25, 0.3) is 0 Å². The lowest BCUT2D eigenvalue weighted by Gasteiger charge is -2.28. The average Bonchev–Trinajstić information content (AvgIpc) is 2.45. The molecule has 0 bridgehead atoms. The largest absolute Gasteiger partial charge is 0.479 e. The number of aliphatic carboxylic acids is 1. The van der Waals surface area contributed by atoms with Gasteiger partial charge in [-0.3, -0.25) is 0 Å². The average molecular weight is 294 g/mol. The van der Waals surface area contributed by atoms with Crippen molar-refractivity contribution in [3.8, 4) is 0 Å². The number of nitrogens with zero attached hydrogens (tertiary/aromatic N) is 1. The summed E-state index contributed by atoms with van der Waals surface area (Å²) in [4.78, 5) is 25.2. The summed E-state index contributed by atoms with van der Waals surface area (Å²) in [6.45, 7) is 3.22. The smallest absolute Gasteiger partial charge is 0.330 e. The maximum Gasteiger partial charge on any atom is 0.330 e. The summed E-state index contributed by atoms with van der Waals surface area (Å²) in [7, 11) is 0. The molecular weight excluding hydrogens is 276 g/mol. The van der Waals surface area contributed by atoms with E-state index in [-0.39, 0.29) is 6.03 Å². The molecule has 1 aliphatic rings. The fraction of sp³-hybridized carbons (Fsp3) is 0.429. The second-order valence-corrected chi connectivity index (χ2v) is 5.96. The predicted octanol–water partition coefficient (Wildman–Crippen LogP) is 1.88. The van der Waals surface area contributed by atoms with Crippen LogP contribution >= 0.6 is 11.8 Å². The van der Waals surface area contributed by atoms with Crippen LogP contribution in [0.5, 0.6) is 0 Å². The van der Waals surface area contributed by atoms with Gasteiger partial charge in [-0.25, -0.2) is 9.59 Å². The van der Waals surface area contributed by atoms with Gasteiger partial charge in [0.1, 0.15) is 0 Å². The Morgan fingerprint density at radius 2 is 2.05 bits per heavy atom. The number of carboxylic acid groups (broad SMARTS) is 1. The third-order valence-corrected chi connectivity index (χ3v) is 4.13. The quantitative estimate of drug-likeness (QED) is 0.893. The van der Waals surface area contributed by atoms with Crippen molar-refractivity contribution in [2.75, 3.05) is 24.6 Å². The highest BCUT2D eigenvalue weighted by Crippen LogP contribution is 2.16. The first kappa shape index (κ1) is 14.7. The van der Waals surface area contributed by atoms with Gasteiger partial charge in [0.2, 0.25) is 0 Å². The van der Waals surface area contributed by atoms with E-state index in [4.69, 9.17) is 0 Å². The van der Waals surface area contributed by atoms with E-state index in [9.17, 15) is 14.7 Å². The molecule has 20 heavy (non-hydrogen) atoms. The zero-order valence-corrected chi connectivity index (χ0v) is 12.2. The standard InChI is InChI=1S/C14H18N2O3S/c1-10-3-2-4-11(9-10)12(13(17)18)15-14(19)16-5-7-20-8-6-16/h2-4,9,12H,5-8H2,1H3,(H,15,19)(H,17,18). The minimum atomic E-state index is -1.05. The first-order valence-corrected chi connectivity index (χ1v) is 7.66. The fourth-order valence-electron chi connectivity index (χ4n) is 2.12. The van der Waals surface area contributed by atoms with Crippen LogP contribution in [0, 0.1) is 6.92 Å². The highest BCUT2D eigenvalue weighted by molar-refractivity contribution is 7.99. The van der Waals surface area contributed by atoms with Gasteiger partial charge in [0, 0.05) is 24.6 Å². The molecule has 1 atom stereocenters. The van der Waals surface area contributed by atoms with Crippen molar-refractivity contribution >= 4 is 23.8 Å². The second kappa shape index (κ2) is 6.65. The summed E-state index contributed by atoms with van der Waals surface area (Å²) in [5.74, 6) is 0.751. The van der Waals surface area contributed by atoms with Gasteiger partial charge < -0.3 is 15.3 Å². The Kier molecular flexibility index (Phi) is 4.89. The second-order valence-electron chi connectivity index (χ2n) is 4.73.